The van der Waals surface area contributed by atoms with Gasteiger partial charge in [0.05, 0.1) is 12.8 Å². The van der Waals surface area contributed by atoms with Gasteiger partial charge in [0, 0.05) is 23.6 Å². The smallest absolute Gasteiger partial charge is 0.349 e. The molecule has 0 saturated heterocycles. The van der Waals surface area contributed by atoms with Gasteiger partial charge in [-0.1, -0.05) is 12.1 Å². The van der Waals surface area contributed by atoms with Crippen molar-refractivity contribution in [3.05, 3.63) is 118 Å². The Hall–Kier alpha value is -5.52. The van der Waals surface area contributed by atoms with Gasteiger partial charge >= 0.3 is 5.69 Å². The third-order valence-corrected chi connectivity index (χ3v) is 5.81. The van der Waals surface area contributed by atoms with E-state index in [9.17, 15) is 4.79 Å². The van der Waals surface area contributed by atoms with Crippen LogP contribution in [-0.4, -0.2) is 42.9 Å². The van der Waals surface area contributed by atoms with Crippen LogP contribution in [0.15, 0.2) is 90.0 Å². The number of ether oxygens (including phenoxy) is 2. The van der Waals surface area contributed by atoms with Crippen LogP contribution < -0.4 is 26.2 Å². The Kier molecular flexibility index (Phi) is 7.26. The molecule has 39 heavy (non-hydrogen) atoms. The van der Waals surface area contributed by atoms with Crippen LogP contribution in [0.5, 0.6) is 11.5 Å². The second kappa shape index (κ2) is 11.3. The van der Waals surface area contributed by atoms with Crippen LogP contribution in [0.1, 0.15) is 28.7 Å². The molecular formula is C27H25N9O3. The number of H-pyrrole nitrogens is 1. The predicted octanol–water partition coefficient (Wildman–Crippen LogP) is 2.82. The molecule has 0 amide bonds. The normalized spacial score (nSPS) is 11.5. The van der Waals surface area contributed by atoms with Crippen molar-refractivity contribution in [2.24, 2.45) is 5.73 Å². The summed E-state index contributed by atoms with van der Waals surface area (Å²) in [6.07, 6.45) is 3.22. The van der Waals surface area contributed by atoms with E-state index in [1.165, 1.54) is 6.20 Å². The number of rotatable bonds is 10. The van der Waals surface area contributed by atoms with E-state index in [0.717, 1.165) is 15.9 Å². The van der Waals surface area contributed by atoms with Gasteiger partial charge in [-0.3, -0.25) is 15.4 Å². The van der Waals surface area contributed by atoms with Gasteiger partial charge < -0.3 is 20.5 Å². The fraction of sp³-hybridized carbons (Fsp3) is 0.111. The Labute approximate surface area is 223 Å². The first-order valence-corrected chi connectivity index (χ1v) is 11.9. The van der Waals surface area contributed by atoms with E-state index in [2.05, 4.69) is 30.6 Å². The summed E-state index contributed by atoms with van der Waals surface area (Å²) >= 11 is 0. The van der Waals surface area contributed by atoms with Gasteiger partial charge in [-0.25, -0.2) is 4.79 Å². The van der Waals surface area contributed by atoms with Crippen molar-refractivity contribution in [2.75, 3.05) is 12.4 Å². The fourth-order valence-electron chi connectivity index (χ4n) is 3.87. The highest BCUT2D eigenvalue weighted by atomic mass is 16.5. The van der Waals surface area contributed by atoms with E-state index in [1.54, 1.807) is 55.8 Å². The second-order valence-electron chi connectivity index (χ2n) is 8.40. The Morgan fingerprint density at radius 2 is 1.92 bits per heavy atom. The van der Waals surface area contributed by atoms with Crippen molar-refractivity contribution in [2.45, 2.75) is 12.6 Å². The van der Waals surface area contributed by atoms with Crippen LogP contribution in [0, 0.1) is 5.41 Å². The third kappa shape index (κ3) is 5.74. The van der Waals surface area contributed by atoms with Gasteiger partial charge in [0.1, 0.15) is 18.5 Å². The van der Waals surface area contributed by atoms with Crippen LogP contribution in [0.3, 0.4) is 0 Å². The monoisotopic (exact) mass is 523 g/mol. The maximum Gasteiger partial charge on any atom is 0.349 e. The molecular weight excluding hydrogens is 498 g/mol. The summed E-state index contributed by atoms with van der Waals surface area (Å²) in [5, 5.41) is 23.4. The van der Waals surface area contributed by atoms with Crippen LogP contribution >= 0.6 is 0 Å². The quantitative estimate of drug-likeness (QED) is 0.159. The molecule has 5 N–H and O–H groups in total. The first-order valence-electron chi connectivity index (χ1n) is 11.9. The summed E-state index contributed by atoms with van der Waals surface area (Å²) < 4.78 is 12.7. The number of nitrogen functional groups attached to an aromatic ring is 1. The van der Waals surface area contributed by atoms with Crippen molar-refractivity contribution >= 4 is 11.5 Å². The molecule has 0 aliphatic carbocycles. The van der Waals surface area contributed by atoms with E-state index in [4.69, 9.17) is 20.6 Å². The highest BCUT2D eigenvalue weighted by molar-refractivity contribution is 5.95. The number of benzene rings is 2. The first kappa shape index (κ1) is 25.1. The number of pyridine rings is 1. The summed E-state index contributed by atoms with van der Waals surface area (Å²) in [7, 11) is 1.56. The number of nitrogens with two attached hydrogens (primary N) is 1. The molecule has 12 nitrogen and oxygen atoms in total. The molecule has 5 aromatic rings. The number of amidine groups is 1. The summed E-state index contributed by atoms with van der Waals surface area (Å²) in [4.78, 5) is 19.9. The summed E-state index contributed by atoms with van der Waals surface area (Å²) in [5.74, 6) is 1.62. The van der Waals surface area contributed by atoms with Crippen molar-refractivity contribution < 1.29 is 9.47 Å². The average Bonchev–Trinajstić information content (AvgIpc) is 3.37. The van der Waals surface area contributed by atoms with Gasteiger partial charge in [0.15, 0.2) is 23.1 Å². The molecule has 1 atom stereocenters. The standard InChI is InChI=1S/C27H25N9O3/c1-38-22-15-18(9-12-21(22)39-16-20-5-2-3-13-30-20)24(32-19-10-7-17(8-11-19)25(28)29)26-33-27(37)36(35-26)23-6-4-14-31-34-23/h2-15,24,32H,16H2,1H3,(H3,28,29)(H,33,35,37)/t24-/m0/s1. The lowest BCUT2D eigenvalue weighted by Gasteiger charge is -2.20. The molecule has 5 rings (SSSR count). The van der Waals surface area contributed by atoms with E-state index >= 15 is 0 Å². The Balaban J connectivity index is 1.50. The van der Waals surface area contributed by atoms with Crippen molar-refractivity contribution in [1.29, 1.82) is 5.41 Å². The predicted molar refractivity (Wildman–Crippen MR) is 144 cm³/mol. The number of methoxy groups -OCH3 is 1. The topological polar surface area (TPSA) is 170 Å². The van der Waals surface area contributed by atoms with Gasteiger partial charge in [-0.15, -0.1) is 10.2 Å². The minimum atomic E-state index is -0.600. The van der Waals surface area contributed by atoms with Gasteiger partial charge in [-0.2, -0.15) is 9.78 Å². The number of anilines is 1. The lowest BCUT2D eigenvalue weighted by Crippen LogP contribution is -2.17. The van der Waals surface area contributed by atoms with Gasteiger partial charge in [0.25, 0.3) is 0 Å². The molecule has 3 heterocycles. The van der Waals surface area contributed by atoms with Crippen LogP contribution in [0.25, 0.3) is 5.82 Å². The summed E-state index contributed by atoms with van der Waals surface area (Å²) in [6, 6.07) is 20.8. The molecule has 2 aromatic carbocycles. The van der Waals surface area contributed by atoms with E-state index < -0.39 is 11.7 Å². The number of nitrogens with one attached hydrogen (secondary N) is 3. The molecule has 3 aromatic heterocycles. The minimum absolute atomic E-state index is 0.0313. The molecule has 0 bridgehead atoms. The molecule has 12 heteroatoms. The Bertz CT molecular complexity index is 1620. The molecule has 0 spiro atoms. The lowest BCUT2D eigenvalue weighted by atomic mass is 10.0. The number of aromatic nitrogens is 6. The Morgan fingerprint density at radius 1 is 1.08 bits per heavy atom. The van der Waals surface area contributed by atoms with E-state index in [0.29, 0.717) is 28.6 Å². The average molecular weight is 524 g/mol. The first-order chi connectivity index (χ1) is 19.0. The zero-order valence-corrected chi connectivity index (χ0v) is 20.9. The number of nitrogens with zero attached hydrogens (tertiary/aromatic N) is 5. The van der Waals surface area contributed by atoms with Crippen molar-refractivity contribution in [3.8, 4) is 17.3 Å². The molecule has 0 aliphatic rings. The van der Waals surface area contributed by atoms with Gasteiger partial charge in [0.2, 0.25) is 0 Å². The van der Waals surface area contributed by atoms with Crippen molar-refractivity contribution in [3.63, 3.8) is 0 Å². The summed E-state index contributed by atoms with van der Waals surface area (Å²) in [5.41, 5.74) is 7.97. The maximum atomic E-state index is 12.8. The molecule has 0 radical (unpaired) electrons. The van der Waals surface area contributed by atoms with Crippen molar-refractivity contribution in [1.82, 2.24) is 29.9 Å². The Morgan fingerprint density at radius 3 is 2.62 bits per heavy atom. The zero-order valence-electron chi connectivity index (χ0n) is 20.9. The highest BCUT2D eigenvalue weighted by Crippen LogP contribution is 2.33. The van der Waals surface area contributed by atoms with E-state index in [1.807, 2.05) is 30.3 Å². The SMILES string of the molecule is COc1cc([C@H](Nc2ccc(C(=N)N)cc2)c2nn(-c3cccnn3)c(=O)[nH]2)ccc1OCc1ccccn1. The second-order valence-corrected chi connectivity index (χ2v) is 8.40. The molecule has 0 aliphatic heterocycles. The van der Waals surface area contributed by atoms with E-state index in [-0.39, 0.29) is 18.3 Å². The van der Waals surface area contributed by atoms with Gasteiger partial charge in [-0.05, 0) is 66.2 Å². The maximum absolute atomic E-state index is 12.8. The van der Waals surface area contributed by atoms with Crippen LogP contribution in [-0.2, 0) is 6.61 Å². The third-order valence-electron chi connectivity index (χ3n) is 5.81. The number of hydrogen-bond donors (Lipinski definition) is 4. The molecule has 0 saturated carbocycles. The number of hydrogen-bond acceptors (Lipinski definition) is 9. The minimum Gasteiger partial charge on any atom is -0.493 e. The summed E-state index contributed by atoms with van der Waals surface area (Å²) in [6.45, 7) is 0.274. The largest absolute Gasteiger partial charge is 0.493 e. The molecule has 0 unspecified atom stereocenters. The van der Waals surface area contributed by atoms with Crippen LogP contribution in [0.4, 0.5) is 5.69 Å². The highest BCUT2D eigenvalue weighted by Gasteiger charge is 2.22. The number of aromatic amines is 1. The zero-order chi connectivity index (χ0) is 27.2. The van der Waals surface area contributed by atoms with Crippen LogP contribution in [0.2, 0.25) is 0 Å². The molecule has 196 valence electrons. The fourth-order valence-corrected chi connectivity index (χ4v) is 3.87. The molecule has 0 fully saturated rings. The lowest BCUT2D eigenvalue weighted by molar-refractivity contribution is 0.280.